The van der Waals surface area contributed by atoms with Gasteiger partial charge in [-0.2, -0.15) is 0 Å². The van der Waals surface area contributed by atoms with Crippen LogP contribution in [0, 0.1) is 0 Å². The highest BCUT2D eigenvalue weighted by Gasteiger charge is 2.24. The van der Waals surface area contributed by atoms with Gasteiger partial charge in [0.25, 0.3) is 0 Å². The molecule has 0 saturated carbocycles. The summed E-state index contributed by atoms with van der Waals surface area (Å²) in [5.41, 5.74) is 0. The number of carboxylic acid groups (broad SMARTS) is 1. The Labute approximate surface area is 94.4 Å². The molecule has 5 heteroatoms. The van der Waals surface area contributed by atoms with Crippen LogP contribution in [0.3, 0.4) is 0 Å². The number of unbranched alkanes of at least 4 members (excludes halogenated alkanes) is 2. The van der Waals surface area contributed by atoms with Crippen molar-refractivity contribution in [1.82, 2.24) is 4.90 Å². The van der Waals surface area contributed by atoms with E-state index in [-0.39, 0.29) is 18.2 Å². The maximum atomic E-state index is 11.4. The number of hydrogen-bond acceptors (Lipinski definition) is 4. The summed E-state index contributed by atoms with van der Waals surface area (Å²) in [6.45, 7) is 0.421. The highest BCUT2D eigenvalue weighted by atomic mass is 16.4. The second-order valence-corrected chi connectivity index (χ2v) is 3.98. The lowest BCUT2D eigenvalue weighted by atomic mass is 10.1. The average molecular weight is 226 g/mol. The number of likely N-dealkylation sites (tertiary alicyclic amines) is 1. The molecule has 1 aliphatic rings. The number of carbonyl (C=O) groups excluding carboxylic acids is 3. The van der Waals surface area contributed by atoms with Gasteiger partial charge in [-0.25, -0.2) is 0 Å². The fourth-order valence-corrected chi connectivity index (χ4v) is 1.77. The SMILES string of the molecule is O=C([O-])CCCCCN1C(=O)CCCC1=O. The molecule has 90 valence electrons. The predicted octanol–water partition coefficient (Wildman–Crippen LogP) is -0.164. The van der Waals surface area contributed by atoms with Crippen LogP contribution in [0.25, 0.3) is 0 Å². The molecule has 2 amide bonds. The van der Waals surface area contributed by atoms with Crippen molar-refractivity contribution in [2.75, 3.05) is 6.54 Å². The van der Waals surface area contributed by atoms with Crippen LogP contribution < -0.4 is 5.11 Å². The fourth-order valence-electron chi connectivity index (χ4n) is 1.77. The van der Waals surface area contributed by atoms with Crippen LogP contribution in [0.4, 0.5) is 0 Å². The maximum absolute atomic E-state index is 11.4. The number of hydrogen-bond donors (Lipinski definition) is 0. The molecule has 16 heavy (non-hydrogen) atoms. The van der Waals surface area contributed by atoms with E-state index in [1.54, 1.807) is 0 Å². The first-order valence-electron chi connectivity index (χ1n) is 5.64. The average Bonchev–Trinajstić information content (AvgIpc) is 2.21. The van der Waals surface area contributed by atoms with Gasteiger partial charge < -0.3 is 9.90 Å². The highest BCUT2D eigenvalue weighted by molar-refractivity contribution is 5.97. The second kappa shape index (κ2) is 6.25. The summed E-state index contributed by atoms with van der Waals surface area (Å²) in [6.07, 6.45) is 3.50. The van der Waals surface area contributed by atoms with E-state index in [0.717, 1.165) is 0 Å². The topological polar surface area (TPSA) is 77.5 Å². The van der Waals surface area contributed by atoms with E-state index < -0.39 is 5.97 Å². The minimum atomic E-state index is -1.05. The normalized spacial score (nSPS) is 16.6. The minimum absolute atomic E-state index is 0.0435. The standard InChI is InChI=1S/C11H17NO4/c13-9-5-4-6-10(14)12(9)8-3-1-2-7-11(15)16/h1-8H2,(H,15,16)/p-1. The quantitative estimate of drug-likeness (QED) is 0.465. The number of amides is 2. The molecule has 0 bridgehead atoms. The zero-order valence-electron chi connectivity index (χ0n) is 9.24. The molecule has 0 radical (unpaired) electrons. The molecule has 5 nitrogen and oxygen atoms in total. The number of carbonyl (C=O) groups is 3. The molecule has 1 aliphatic heterocycles. The largest absolute Gasteiger partial charge is 0.550 e. The summed E-state index contributed by atoms with van der Waals surface area (Å²) in [5.74, 6) is -1.25. The van der Waals surface area contributed by atoms with Gasteiger partial charge >= 0.3 is 0 Å². The molecule has 1 heterocycles. The number of carboxylic acids is 1. The van der Waals surface area contributed by atoms with E-state index in [9.17, 15) is 19.5 Å². The summed E-state index contributed by atoms with van der Waals surface area (Å²) >= 11 is 0. The Morgan fingerprint density at radius 3 is 2.31 bits per heavy atom. The fraction of sp³-hybridized carbons (Fsp3) is 0.727. The van der Waals surface area contributed by atoms with Gasteiger partial charge in [0.15, 0.2) is 0 Å². The van der Waals surface area contributed by atoms with Crippen molar-refractivity contribution in [3.05, 3.63) is 0 Å². The Hall–Kier alpha value is -1.39. The number of aliphatic carboxylic acids is 1. The van der Waals surface area contributed by atoms with E-state index in [0.29, 0.717) is 45.1 Å². The molecule has 0 aromatic rings. The van der Waals surface area contributed by atoms with Crippen LogP contribution in [-0.2, 0) is 14.4 Å². The Morgan fingerprint density at radius 2 is 1.75 bits per heavy atom. The van der Waals surface area contributed by atoms with Crippen LogP contribution in [0.5, 0.6) is 0 Å². The third-order valence-electron chi connectivity index (χ3n) is 2.65. The molecule has 0 N–H and O–H groups in total. The van der Waals surface area contributed by atoms with Crippen molar-refractivity contribution in [3.8, 4) is 0 Å². The zero-order chi connectivity index (χ0) is 12.0. The van der Waals surface area contributed by atoms with Gasteiger partial charge in [0.1, 0.15) is 0 Å². The molecule has 1 saturated heterocycles. The molecule has 0 unspecified atom stereocenters. The molecule has 0 aromatic carbocycles. The molecule has 1 rings (SSSR count). The zero-order valence-corrected chi connectivity index (χ0v) is 9.24. The Bertz CT molecular complexity index is 272. The summed E-state index contributed by atoms with van der Waals surface area (Å²) < 4.78 is 0. The van der Waals surface area contributed by atoms with Crippen molar-refractivity contribution in [3.63, 3.8) is 0 Å². The van der Waals surface area contributed by atoms with Crippen LogP contribution in [0.1, 0.15) is 44.9 Å². The summed E-state index contributed by atoms with van der Waals surface area (Å²) in [7, 11) is 0. The monoisotopic (exact) mass is 226 g/mol. The lowest BCUT2D eigenvalue weighted by Crippen LogP contribution is -2.40. The van der Waals surface area contributed by atoms with E-state index in [1.165, 1.54) is 4.90 Å². The highest BCUT2D eigenvalue weighted by Crippen LogP contribution is 2.13. The van der Waals surface area contributed by atoms with Crippen molar-refractivity contribution >= 4 is 17.8 Å². The molecule has 0 aliphatic carbocycles. The first-order chi connectivity index (χ1) is 7.61. The smallest absolute Gasteiger partial charge is 0.229 e. The van der Waals surface area contributed by atoms with E-state index in [4.69, 9.17) is 0 Å². The van der Waals surface area contributed by atoms with Crippen molar-refractivity contribution in [1.29, 1.82) is 0 Å². The van der Waals surface area contributed by atoms with Gasteiger partial charge in [-0.3, -0.25) is 14.5 Å². The Kier molecular flexibility index (Phi) is 4.95. The first kappa shape index (κ1) is 12.7. The molecule has 0 spiro atoms. The van der Waals surface area contributed by atoms with E-state index in [1.807, 2.05) is 0 Å². The van der Waals surface area contributed by atoms with Gasteiger partial charge in [0.2, 0.25) is 11.8 Å². The van der Waals surface area contributed by atoms with Crippen LogP contribution in [0.2, 0.25) is 0 Å². The van der Waals surface area contributed by atoms with Crippen molar-refractivity contribution in [2.24, 2.45) is 0 Å². The van der Waals surface area contributed by atoms with Gasteiger partial charge in [-0.1, -0.05) is 6.42 Å². The maximum Gasteiger partial charge on any atom is 0.229 e. The lowest BCUT2D eigenvalue weighted by molar-refractivity contribution is -0.305. The Balaban J connectivity index is 2.18. The predicted molar refractivity (Wildman–Crippen MR) is 54.0 cm³/mol. The number of imide groups is 1. The summed E-state index contributed by atoms with van der Waals surface area (Å²) in [4.78, 5) is 34.2. The lowest BCUT2D eigenvalue weighted by Gasteiger charge is -2.24. The molecule has 0 atom stereocenters. The third kappa shape index (κ3) is 4.00. The van der Waals surface area contributed by atoms with Crippen LogP contribution in [0.15, 0.2) is 0 Å². The molecular formula is C11H16NO4-. The number of nitrogens with zero attached hydrogens (tertiary/aromatic N) is 1. The van der Waals surface area contributed by atoms with Crippen LogP contribution in [-0.4, -0.2) is 29.2 Å². The summed E-state index contributed by atoms with van der Waals surface area (Å²) in [5, 5.41) is 10.1. The Morgan fingerprint density at radius 1 is 1.12 bits per heavy atom. The van der Waals surface area contributed by atoms with Crippen molar-refractivity contribution in [2.45, 2.75) is 44.9 Å². The molecule has 1 fully saturated rings. The van der Waals surface area contributed by atoms with Gasteiger partial charge in [-0.15, -0.1) is 0 Å². The summed E-state index contributed by atoms with van der Waals surface area (Å²) in [6, 6.07) is 0. The second-order valence-electron chi connectivity index (χ2n) is 3.98. The minimum Gasteiger partial charge on any atom is -0.550 e. The molecular weight excluding hydrogens is 210 g/mol. The number of rotatable bonds is 6. The van der Waals surface area contributed by atoms with Crippen LogP contribution >= 0.6 is 0 Å². The van der Waals surface area contributed by atoms with Gasteiger partial charge in [-0.05, 0) is 25.7 Å². The van der Waals surface area contributed by atoms with Crippen molar-refractivity contribution < 1.29 is 19.5 Å². The first-order valence-corrected chi connectivity index (χ1v) is 5.64. The van der Waals surface area contributed by atoms with Gasteiger partial charge in [0.05, 0.1) is 0 Å². The van der Waals surface area contributed by atoms with E-state index in [2.05, 4.69) is 0 Å². The number of piperidine rings is 1. The van der Waals surface area contributed by atoms with Gasteiger partial charge in [0, 0.05) is 25.4 Å². The molecule has 0 aromatic heterocycles. The van der Waals surface area contributed by atoms with E-state index >= 15 is 0 Å². The third-order valence-corrected chi connectivity index (χ3v) is 2.65.